The van der Waals surface area contributed by atoms with E-state index in [1.165, 1.54) is 0 Å². The van der Waals surface area contributed by atoms with Crippen LogP contribution in [0.4, 0.5) is 0 Å². The Balaban J connectivity index is -0.000000107. The van der Waals surface area contributed by atoms with Crippen LogP contribution in [-0.2, 0) is 21.7 Å². The minimum atomic E-state index is -1.11. The van der Waals surface area contributed by atoms with Crippen LogP contribution in [0.25, 0.3) is 4.65 Å². The van der Waals surface area contributed by atoms with E-state index in [1.807, 2.05) is 0 Å². The van der Waals surface area contributed by atoms with Crippen LogP contribution in [0.3, 0.4) is 0 Å². The number of hydrogen-bond donors (Lipinski definition) is 0. The van der Waals surface area contributed by atoms with Gasteiger partial charge in [0, 0.05) is 21.7 Å². The van der Waals surface area contributed by atoms with Crippen molar-refractivity contribution in [3.8, 4) is 0 Å². The second-order valence-corrected chi connectivity index (χ2v) is 14.0. The maximum atomic E-state index is 4.82. The van der Waals surface area contributed by atoms with Crippen LogP contribution < -0.4 is 0 Å². The fourth-order valence-corrected chi connectivity index (χ4v) is 9.06. The fourth-order valence-electron chi connectivity index (χ4n) is 1.01. The summed E-state index contributed by atoms with van der Waals surface area (Å²) in [6.07, 6.45) is 0. The van der Waals surface area contributed by atoms with E-state index in [4.69, 9.17) is 4.65 Å². The summed E-state index contributed by atoms with van der Waals surface area (Å²) in [5.74, 6) is 0. The first-order valence-electron chi connectivity index (χ1n) is 3.45. The van der Waals surface area contributed by atoms with E-state index >= 15 is 0 Å². The first-order valence-corrected chi connectivity index (χ1v) is 10.3. The molecule has 0 radical (unpaired) electrons. The summed E-state index contributed by atoms with van der Waals surface area (Å²) >= 11 is 0. The number of halogens is 2. The number of hydrogen-bond acceptors (Lipinski definition) is 0. The molecule has 0 aliphatic carbocycles. The van der Waals surface area contributed by atoms with E-state index in [-0.39, 0.29) is 46.5 Å². The van der Waals surface area contributed by atoms with E-state index in [1.54, 1.807) is 0 Å². The molecule has 0 aromatic carbocycles. The van der Waals surface area contributed by atoms with Crippen LogP contribution >= 0.6 is 24.8 Å². The molecule has 76 valence electrons. The summed E-state index contributed by atoms with van der Waals surface area (Å²) in [7, 11) is -2.21. The normalized spacial score (nSPS) is 10.5. The standard InChI is InChI=1S/C6H18NSi2.2ClH.Ti/c1-8(2,3)7-9(4,5)6;;;/h1-6H3;2*1H;/q-1;;;. The van der Waals surface area contributed by atoms with Gasteiger partial charge in [-0.15, -0.1) is 24.8 Å². The van der Waals surface area contributed by atoms with Crippen molar-refractivity contribution in [2.75, 3.05) is 0 Å². The van der Waals surface area contributed by atoms with Gasteiger partial charge in [-0.05, 0) is 0 Å². The Morgan fingerprint density at radius 1 is 0.667 bits per heavy atom. The summed E-state index contributed by atoms with van der Waals surface area (Å²) in [4.78, 5) is 0. The van der Waals surface area contributed by atoms with Crippen LogP contribution in [0.1, 0.15) is 0 Å². The predicted molar refractivity (Wildman–Crippen MR) is 64.5 cm³/mol. The molecule has 0 unspecified atom stereocenters. The molecule has 0 rings (SSSR count). The summed E-state index contributed by atoms with van der Waals surface area (Å²) < 4.78 is 4.82. The van der Waals surface area contributed by atoms with E-state index in [9.17, 15) is 0 Å². The van der Waals surface area contributed by atoms with Crippen molar-refractivity contribution in [3.63, 3.8) is 0 Å². The molecule has 1 nitrogen and oxygen atoms in total. The molecule has 6 heteroatoms. The molecule has 0 N–H and O–H groups in total. The second-order valence-electron chi connectivity index (χ2n) is 4.45. The van der Waals surface area contributed by atoms with Gasteiger partial charge in [0.05, 0.1) is 0 Å². The Morgan fingerprint density at radius 2 is 0.833 bits per heavy atom. The first kappa shape index (κ1) is 23.5. The molecular weight excluding hydrogens is 261 g/mol. The van der Waals surface area contributed by atoms with Crippen molar-refractivity contribution < 1.29 is 21.7 Å². The van der Waals surface area contributed by atoms with Gasteiger partial charge in [0.25, 0.3) is 0 Å². The molecule has 0 fully saturated rings. The van der Waals surface area contributed by atoms with Crippen molar-refractivity contribution in [1.29, 1.82) is 0 Å². The molecule has 0 atom stereocenters. The van der Waals surface area contributed by atoms with Gasteiger partial charge in [0.15, 0.2) is 0 Å². The summed E-state index contributed by atoms with van der Waals surface area (Å²) in [5, 5.41) is 0. The number of nitrogens with zero attached hydrogens (tertiary/aromatic N) is 1. The maximum absolute atomic E-state index is 4.82. The Hall–Kier alpha value is 1.69. The summed E-state index contributed by atoms with van der Waals surface area (Å²) in [6, 6.07) is 0. The maximum Gasteiger partial charge on any atom is 0 e. The van der Waals surface area contributed by atoms with Gasteiger partial charge in [-0.3, -0.25) is 0 Å². The van der Waals surface area contributed by atoms with E-state index in [2.05, 4.69) is 39.3 Å². The molecular formula is C6H20Cl2NSi2Ti-. The summed E-state index contributed by atoms with van der Waals surface area (Å²) in [5.41, 5.74) is 0. The van der Waals surface area contributed by atoms with Crippen LogP contribution in [0.5, 0.6) is 0 Å². The Labute approximate surface area is 106 Å². The molecule has 0 aromatic heterocycles. The quantitative estimate of drug-likeness (QED) is 0.682. The van der Waals surface area contributed by atoms with Crippen molar-refractivity contribution in [3.05, 3.63) is 4.65 Å². The Morgan fingerprint density at radius 3 is 0.833 bits per heavy atom. The third-order valence-corrected chi connectivity index (χ3v) is 6.04. The average molecular weight is 281 g/mol. The topological polar surface area (TPSA) is 14.1 Å². The minimum absolute atomic E-state index is 0. The van der Waals surface area contributed by atoms with E-state index in [0.717, 1.165) is 0 Å². The Bertz CT molecular complexity index is 88.7. The van der Waals surface area contributed by atoms with Crippen LogP contribution in [0.15, 0.2) is 0 Å². The van der Waals surface area contributed by atoms with Crippen molar-refractivity contribution in [2.24, 2.45) is 0 Å². The minimum Gasteiger partial charge on any atom is -0.668 e. The molecule has 0 amide bonds. The fraction of sp³-hybridized carbons (Fsp3) is 1.00. The molecule has 0 spiro atoms. The zero-order valence-electron chi connectivity index (χ0n) is 8.76. The van der Waals surface area contributed by atoms with Crippen molar-refractivity contribution >= 4 is 41.3 Å². The Kier molecular flexibility index (Phi) is 15.7. The summed E-state index contributed by atoms with van der Waals surface area (Å²) in [6.45, 7) is 13.8. The molecule has 0 heterocycles. The molecule has 0 aliphatic rings. The van der Waals surface area contributed by atoms with E-state index in [0.29, 0.717) is 0 Å². The van der Waals surface area contributed by atoms with Gasteiger partial charge in [-0.25, -0.2) is 0 Å². The third-order valence-electron chi connectivity index (χ3n) is 0.671. The molecule has 0 aliphatic heterocycles. The van der Waals surface area contributed by atoms with Gasteiger partial charge < -0.3 is 4.65 Å². The van der Waals surface area contributed by atoms with Gasteiger partial charge >= 0.3 is 0 Å². The smallest absolute Gasteiger partial charge is 0 e. The SMILES string of the molecule is C[Si](C)(C)[N-][Si](C)(C)C.Cl.Cl.[Ti]. The van der Waals surface area contributed by atoms with Gasteiger partial charge in [0.2, 0.25) is 0 Å². The average Bonchev–Trinajstić information content (AvgIpc) is 1.14. The zero-order chi connectivity index (χ0) is 7.71. The second kappa shape index (κ2) is 8.03. The molecule has 0 bridgehead atoms. The van der Waals surface area contributed by atoms with Crippen LogP contribution in [0.2, 0.25) is 39.3 Å². The zero-order valence-corrected chi connectivity index (χ0v) is 14.0. The largest absolute Gasteiger partial charge is 0.668 e. The monoisotopic (exact) mass is 280 g/mol. The van der Waals surface area contributed by atoms with Crippen LogP contribution in [-0.4, -0.2) is 16.5 Å². The third kappa shape index (κ3) is 22.6. The van der Waals surface area contributed by atoms with Gasteiger partial charge in [-0.1, -0.05) is 55.8 Å². The van der Waals surface area contributed by atoms with Crippen LogP contribution in [0, 0.1) is 0 Å². The van der Waals surface area contributed by atoms with Gasteiger partial charge in [-0.2, -0.15) is 0 Å². The van der Waals surface area contributed by atoms with Crippen molar-refractivity contribution in [2.45, 2.75) is 39.3 Å². The first-order chi connectivity index (χ1) is 3.71. The number of rotatable bonds is 2. The predicted octanol–water partition coefficient (Wildman–Crippen LogP) is 3.87. The molecule has 12 heavy (non-hydrogen) atoms. The molecule has 0 saturated carbocycles. The van der Waals surface area contributed by atoms with E-state index < -0.39 is 16.5 Å². The van der Waals surface area contributed by atoms with Crippen molar-refractivity contribution in [1.82, 2.24) is 0 Å². The molecule has 0 saturated heterocycles. The molecule has 0 aromatic rings. The van der Waals surface area contributed by atoms with Gasteiger partial charge in [0.1, 0.15) is 0 Å².